The zero-order valence-corrected chi connectivity index (χ0v) is 24.4. The number of likely N-dealkylation sites (tertiary alicyclic amines) is 1. The van der Waals surface area contributed by atoms with Crippen molar-refractivity contribution >= 4 is 41.3 Å². The molecular formula is C27H40ClN5O6. The third-order valence-corrected chi connectivity index (χ3v) is 6.63. The Balaban J connectivity index is 1.81. The van der Waals surface area contributed by atoms with Crippen LogP contribution in [0.5, 0.6) is 0 Å². The standard InChI is InChI=1S/C27H40ClN5O6/c1-26(2,3)38-24(36)32-17-20(33(22(34)16-29)25(37)39-27(4,5)6)15-21(32)23(35)31-13-11-30(12-14-31)19-9-7-18(28)8-10-19/h7-10,20-21H,11-17,29H2,1-6H3/t20-,21+/m1/s1. The molecule has 0 radical (unpaired) electrons. The summed E-state index contributed by atoms with van der Waals surface area (Å²) in [6, 6.07) is 5.81. The minimum atomic E-state index is -0.914. The highest BCUT2D eigenvalue weighted by Gasteiger charge is 2.48. The highest BCUT2D eigenvalue weighted by Crippen LogP contribution is 2.28. The highest BCUT2D eigenvalue weighted by molar-refractivity contribution is 6.30. The maximum absolute atomic E-state index is 13.8. The predicted molar refractivity (Wildman–Crippen MR) is 148 cm³/mol. The van der Waals surface area contributed by atoms with Crippen LogP contribution in [-0.4, -0.2) is 101 Å². The van der Waals surface area contributed by atoms with Crippen LogP contribution in [0.25, 0.3) is 0 Å². The van der Waals surface area contributed by atoms with E-state index in [1.807, 2.05) is 24.3 Å². The fourth-order valence-corrected chi connectivity index (χ4v) is 4.79. The van der Waals surface area contributed by atoms with Gasteiger partial charge in [-0.3, -0.25) is 14.5 Å². The van der Waals surface area contributed by atoms with Crippen LogP contribution < -0.4 is 10.6 Å². The van der Waals surface area contributed by atoms with Gasteiger partial charge in [0.05, 0.1) is 12.6 Å². The van der Waals surface area contributed by atoms with Crippen LogP contribution in [0, 0.1) is 0 Å². The number of ether oxygens (including phenoxy) is 2. The summed E-state index contributed by atoms with van der Waals surface area (Å²) in [4.78, 5) is 58.9. The molecule has 0 spiro atoms. The van der Waals surface area contributed by atoms with Gasteiger partial charge in [-0.15, -0.1) is 0 Å². The number of carbonyl (C=O) groups excluding carboxylic acids is 4. The average molecular weight is 566 g/mol. The topological polar surface area (TPSA) is 126 Å². The Morgan fingerprint density at radius 2 is 1.51 bits per heavy atom. The zero-order chi connectivity index (χ0) is 29.1. The van der Waals surface area contributed by atoms with Crippen LogP contribution in [0.1, 0.15) is 48.0 Å². The van der Waals surface area contributed by atoms with Gasteiger partial charge in [0, 0.05) is 43.4 Å². The van der Waals surface area contributed by atoms with Gasteiger partial charge in [0.25, 0.3) is 0 Å². The minimum absolute atomic E-state index is 0.0560. The maximum atomic E-state index is 13.8. The first-order chi connectivity index (χ1) is 18.1. The molecule has 216 valence electrons. The molecule has 12 heteroatoms. The first-order valence-electron chi connectivity index (χ1n) is 13.1. The first-order valence-corrected chi connectivity index (χ1v) is 13.5. The number of anilines is 1. The van der Waals surface area contributed by atoms with Crippen molar-refractivity contribution in [3.05, 3.63) is 29.3 Å². The van der Waals surface area contributed by atoms with Crippen LogP contribution >= 0.6 is 11.6 Å². The fraction of sp³-hybridized carbons (Fsp3) is 0.630. The Bertz CT molecular complexity index is 1060. The van der Waals surface area contributed by atoms with Gasteiger partial charge in [0.2, 0.25) is 11.8 Å². The van der Waals surface area contributed by atoms with E-state index in [2.05, 4.69) is 4.90 Å². The highest BCUT2D eigenvalue weighted by atomic mass is 35.5. The van der Waals surface area contributed by atoms with E-state index in [0.29, 0.717) is 31.2 Å². The Hall–Kier alpha value is -3.05. The molecule has 1 aromatic rings. The molecule has 2 aliphatic heterocycles. The second kappa shape index (κ2) is 12.0. The number of hydrogen-bond acceptors (Lipinski definition) is 8. The van der Waals surface area contributed by atoms with E-state index in [4.69, 9.17) is 26.8 Å². The van der Waals surface area contributed by atoms with Gasteiger partial charge in [-0.05, 0) is 72.2 Å². The summed E-state index contributed by atoms with van der Waals surface area (Å²) >= 11 is 6.01. The fourth-order valence-electron chi connectivity index (χ4n) is 4.67. The summed E-state index contributed by atoms with van der Waals surface area (Å²) in [5.41, 5.74) is 4.96. The average Bonchev–Trinajstić information content (AvgIpc) is 3.27. The summed E-state index contributed by atoms with van der Waals surface area (Å²) in [6.07, 6.45) is -1.50. The Morgan fingerprint density at radius 3 is 2.03 bits per heavy atom. The molecule has 39 heavy (non-hydrogen) atoms. The van der Waals surface area contributed by atoms with E-state index >= 15 is 0 Å². The molecule has 4 amide bonds. The predicted octanol–water partition coefficient (Wildman–Crippen LogP) is 3.09. The van der Waals surface area contributed by atoms with E-state index in [0.717, 1.165) is 10.6 Å². The zero-order valence-electron chi connectivity index (χ0n) is 23.6. The summed E-state index contributed by atoms with van der Waals surface area (Å²) in [6.45, 7) is 11.9. The van der Waals surface area contributed by atoms with Crippen molar-refractivity contribution in [2.24, 2.45) is 5.73 Å². The Morgan fingerprint density at radius 1 is 0.949 bits per heavy atom. The number of carbonyl (C=O) groups is 4. The van der Waals surface area contributed by atoms with Crippen molar-refractivity contribution in [3.8, 4) is 0 Å². The van der Waals surface area contributed by atoms with Crippen molar-refractivity contribution in [1.29, 1.82) is 0 Å². The van der Waals surface area contributed by atoms with Gasteiger partial charge >= 0.3 is 12.2 Å². The van der Waals surface area contributed by atoms with Crippen LogP contribution in [0.4, 0.5) is 15.3 Å². The van der Waals surface area contributed by atoms with E-state index in [9.17, 15) is 19.2 Å². The van der Waals surface area contributed by atoms with Crippen LogP contribution in [0.2, 0.25) is 5.02 Å². The molecule has 0 bridgehead atoms. The lowest BCUT2D eigenvalue weighted by Crippen LogP contribution is -2.54. The number of hydrogen-bond donors (Lipinski definition) is 1. The summed E-state index contributed by atoms with van der Waals surface area (Å²) in [5.74, 6) is -0.911. The quantitative estimate of drug-likeness (QED) is 0.590. The molecule has 2 heterocycles. The minimum Gasteiger partial charge on any atom is -0.444 e. The monoisotopic (exact) mass is 565 g/mol. The molecule has 2 fully saturated rings. The van der Waals surface area contributed by atoms with Crippen LogP contribution in [0.3, 0.4) is 0 Å². The van der Waals surface area contributed by atoms with Crippen LogP contribution in [-0.2, 0) is 19.1 Å². The van der Waals surface area contributed by atoms with Gasteiger partial charge in [0.1, 0.15) is 17.2 Å². The van der Waals surface area contributed by atoms with Crippen LogP contribution in [0.15, 0.2) is 24.3 Å². The number of rotatable bonds is 4. The number of benzene rings is 1. The van der Waals surface area contributed by atoms with Crippen molar-refractivity contribution in [1.82, 2.24) is 14.7 Å². The van der Waals surface area contributed by atoms with E-state index < -0.39 is 47.9 Å². The van der Waals surface area contributed by atoms with Gasteiger partial charge in [-0.25, -0.2) is 14.5 Å². The molecule has 2 N–H and O–H groups in total. The molecule has 1 aromatic carbocycles. The molecule has 3 rings (SSSR count). The molecule has 2 atom stereocenters. The number of amides is 4. The smallest absolute Gasteiger partial charge is 0.417 e. The molecule has 0 unspecified atom stereocenters. The lowest BCUT2D eigenvalue weighted by Gasteiger charge is -2.38. The number of piperazine rings is 1. The third kappa shape index (κ3) is 7.98. The maximum Gasteiger partial charge on any atom is 0.417 e. The van der Waals surface area contributed by atoms with Gasteiger partial charge in [-0.1, -0.05) is 11.6 Å². The SMILES string of the molecule is CC(C)(C)OC(=O)N1C[C@H](N(C(=O)CN)C(=O)OC(C)(C)C)C[C@H]1C(=O)N1CCN(c2ccc(Cl)cc2)CC1. The molecule has 2 aliphatic rings. The van der Waals surface area contributed by atoms with Crippen molar-refractivity contribution in [3.63, 3.8) is 0 Å². The summed E-state index contributed by atoms with van der Waals surface area (Å²) < 4.78 is 11.0. The number of nitrogens with zero attached hydrogens (tertiary/aromatic N) is 4. The normalized spacial score (nSPS) is 20.1. The molecule has 11 nitrogen and oxygen atoms in total. The molecular weight excluding hydrogens is 526 g/mol. The third-order valence-electron chi connectivity index (χ3n) is 6.37. The molecule has 2 saturated heterocycles. The Labute approximate surface area is 235 Å². The summed E-state index contributed by atoms with van der Waals surface area (Å²) in [7, 11) is 0. The van der Waals surface area contributed by atoms with E-state index in [1.165, 1.54) is 4.90 Å². The van der Waals surface area contributed by atoms with Gasteiger partial charge in [-0.2, -0.15) is 0 Å². The molecule has 0 saturated carbocycles. The molecule has 0 aliphatic carbocycles. The summed E-state index contributed by atoms with van der Waals surface area (Å²) in [5, 5.41) is 0.652. The van der Waals surface area contributed by atoms with E-state index in [1.54, 1.807) is 46.4 Å². The number of imide groups is 1. The van der Waals surface area contributed by atoms with Crippen molar-refractivity contribution in [2.75, 3.05) is 44.2 Å². The van der Waals surface area contributed by atoms with Crippen molar-refractivity contribution < 1.29 is 28.7 Å². The number of halogens is 1. The lowest BCUT2D eigenvalue weighted by molar-refractivity contribution is -0.136. The Kier molecular flexibility index (Phi) is 9.38. The van der Waals surface area contributed by atoms with Gasteiger partial charge < -0.3 is 25.0 Å². The van der Waals surface area contributed by atoms with Gasteiger partial charge in [0.15, 0.2) is 0 Å². The molecule has 0 aromatic heterocycles. The first kappa shape index (κ1) is 30.5. The van der Waals surface area contributed by atoms with E-state index in [-0.39, 0.29) is 18.9 Å². The lowest BCUT2D eigenvalue weighted by atomic mass is 10.1. The second-order valence-electron chi connectivity index (χ2n) is 11.8. The van der Waals surface area contributed by atoms with Crippen molar-refractivity contribution in [2.45, 2.75) is 71.2 Å². The second-order valence-corrected chi connectivity index (χ2v) is 12.2. The largest absolute Gasteiger partial charge is 0.444 e. The number of nitrogens with two attached hydrogens (primary N) is 1.